The fourth-order valence-corrected chi connectivity index (χ4v) is 3.84. The summed E-state index contributed by atoms with van der Waals surface area (Å²) in [6.07, 6.45) is 0. The third-order valence-corrected chi connectivity index (χ3v) is 5.25. The number of rotatable bonds is 3. The first-order chi connectivity index (χ1) is 14.2. The summed E-state index contributed by atoms with van der Waals surface area (Å²) < 4.78 is 0. The third-order valence-electron chi connectivity index (χ3n) is 5.25. The van der Waals surface area contributed by atoms with Gasteiger partial charge >= 0.3 is 0 Å². The number of ketones is 1. The summed E-state index contributed by atoms with van der Waals surface area (Å²) in [4.78, 5) is 25.8. The van der Waals surface area contributed by atoms with Crippen LogP contribution in [0.15, 0.2) is 97.1 Å². The van der Waals surface area contributed by atoms with Crippen molar-refractivity contribution in [2.75, 3.05) is 5.32 Å². The molecule has 0 spiro atoms. The Morgan fingerprint density at radius 3 is 1.97 bits per heavy atom. The number of hydrogen-bond acceptors (Lipinski definition) is 2. The Morgan fingerprint density at radius 2 is 1.21 bits per heavy atom. The van der Waals surface area contributed by atoms with Gasteiger partial charge in [-0.25, -0.2) is 0 Å². The molecular weight excluding hydrogens is 358 g/mol. The number of carbonyl (C=O) groups excluding carboxylic acids is 2. The highest BCUT2D eigenvalue weighted by molar-refractivity contribution is 6.26. The highest BCUT2D eigenvalue weighted by Gasteiger charge is 2.30. The first kappa shape index (κ1) is 17.1. The lowest BCUT2D eigenvalue weighted by Crippen LogP contribution is -2.15. The average molecular weight is 375 g/mol. The van der Waals surface area contributed by atoms with Gasteiger partial charge in [-0.15, -0.1) is 0 Å². The molecule has 4 aromatic carbocycles. The van der Waals surface area contributed by atoms with Gasteiger partial charge in [0.15, 0.2) is 5.78 Å². The predicted molar refractivity (Wildman–Crippen MR) is 115 cm³/mol. The molecule has 0 heterocycles. The largest absolute Gasteiger partial charge is 0.322 e. The van der Waals surface area contributed by atoms with E-state index in [4.69, 9.17) is 0 Å². The summed E-state index contributed by atoms with van der Waals surface area (Å²) in [7, 11) is 0. The summed E-state index contributed by atoms with van der Waals surface area (Å²) in [5.41, 5.74) is 6.12. The minimum absolute atomic E-state index is 0.0965. The maximum absolute atomic E-state index is 13.0. The van der Waals surface area contributed by atoms with Gasteiger partial charge in [-0.3, -0.25) is 9.59 Å². The van der Waals surface area contributed by atoms with Crippen molar-refractivity contribution in [2.24, 2.45) is 0 Å². The van der Waals surface area contributed by atoms with Crippen molar-refractivity contribution in [3.63, 3.8) is 0 Å². The first-order valence-electron chi connectivity index (χ1n) is 9.46. The Kier molecular flexibility index (Phi) is 4.07. The molecular formula is C26H17NO2. The normalized spacial score (nSPS) is 11.7. The predicted octanol–water partition coefficient (Wildman–Crippen LogP) is 5.82. The van der Waals surface area contributed by atoms with E-state index in [-0.39, 0.29) is 11.7 Å². The Balaban J connectivity index is 1.44. The molecule has 0 aromatic heterocycles. The number of hydrogen-bond donors (Lipinski definition) is 1. The van der Waals surface area contributed by atoms with Crippen LogP contribution in [-0.4, -0.2) is 11.7 Å². The van der Waals surface area contributed by atoms with E-state index in [9.17, 15) is 9.59 Å². The van der Waals surface area contributed by atoms with Crippen LogP contribution in [0.1, 0.15) is 26.3 Å². The fourth-order valence-electron chi connectivity index (χ4n) is 3.84. The average Bonchev–Trinajstić information content (AvgIpc) is 3.07. The number of fused-ring (bicyclic) bond motifs is 3. The summed E-state index contributed by atoms with van der Waals surface area (Å²) in [5.74, 6) is -0.378. The molecule has 0 aliphatic heterocycles. The third kappa shape index (κ3) is 2.93. The van der Waals surface area contributed by atoms with Crippen LogP contribution in [0.5, 0.6) is 0 Å². The second-order valence-corrected chi connectivity index (χ2v) is 7.00. The monoisotopic (exact) mass is 375 g/mol. The van der Waals surface area contributed by atoms with Crippen LogP contribution >= 0.6 is 0 Å². The lowest BCUT2D eigenvalue weighted by atomic mass is 10.00. The Labute approximate surface area is 168 Å². The molecule has 5 rings (SSSR count). The number of carbonyl (C=O) groups is 2. The van der Waals surface area contributed by atoms with Crippen LogP contribution in [0, 0.1) is 0 Å². The van der Waals surface area contributed by atoms with E-state index < -0.39 is 0 Å². The van der Waals surface area contributed by atoms with Crippen molar-refractivity contribution in [1.29, 1.82) is 0 Å². The standard InChI is InChI=1S/C26H17NO2/c28-25-22-10-5-4-9-20(22)21-11-6-12-23(24(21)25)26(29)27-19-15-13-18(14-16-19)17-7-2-1-3-8-17/h1-16H,(H,27,29). The van der Waals surface area contributed by atoms with Crippen molar-refractivity contribution in [3.05, 3.63) is 114 Å². The molecule has 0 bridgehead atoms. The molecule has 0 saturated heterocycles. The van der Waals surface area contributed by atoms with Crippen molar-refractivity contribution < 1.29 is 9.59 Å². The molecule has 3 nitrogen and oxygen atoms in total. The molecule has 0 atom stereocenters. The second kappa shape index (κ2) is 6.88. The lowest BCUT2D eigenvalue weighted by Gasteiger charge is -2.10. The molecule has 1 N–H and O–H groups in total. The summed E-state index contributed by atoms with van der Waals surface area (Å²) in [6.45, 7) is 0. The maximum Gasteiger partial charge on any atom is 0.256 e. The van der Waals surface area contributed by atoms with Gasteiger partial charge in [0.1, 0.15) is 0 Å². The maximum atomic E-state index is 13.0. The minimum atomic E-state index is -0.282. The van der Waals surface area contributed by atoms with Crippen molar-refractivity contribution in [1.82, 2.24) is 0 Å². The Bertz CT molecular complexity index is 1240. The highest BCUT2D eigenvalue weighted by Crippen LogP contribution is 2.38. The molecule has 3 heteroatoms. The van der Waals surface area contributed by atoms with Crippen molar-refractivity contribution >= 4 is 17.4 Å². The molecule has 0 unspecified atom stereocenters. The van der Waals surface area contributed by atoms with Crippen LogP contribution in [0.3, 0.4) is 0 Å². The fraction of sp³-hybridized carbons (Fsp3) is 0. The van der Waals surface area contributed by atoms with E-state index in [1.165, 1.54) is 0 Å². The van der Waals surface area contributed by atoms with Crippen LogP contribution in [0.25, 0.3) is 22.3 Å². The number of nitrogens with one attached hydrogen (secondary N) is 1. The van der Waals surface area contributed by atoms with E-state index in [1.54, 1.807) is 6.07 Å². The van der Waals surface area contributed by atoms with Gasteiger partial charge < -0.3 is 5.32 Å². The zero-order chi connectivity index (χ0) is 19.8. The zero-order valence-corrected chi connectivity index (χ0v) is 15.6. The van der Waals surface area contributed by atoms with Gasteiger partial charge in [-0.1, -0.05) is 78.9 Å². The van der Waals surface area contributed by atoms with Crippen LogP contribution in [0.2, 0.25) is 0 Å². The van der Waals surface area contributed by atoms with Gasteiger partial charge in [0, 0.05) is 16.8 Å². The Morgan fingerprint density at radius 1 is 0.586 bits per heavy atom. The Hall–Kier alpha value is -3.98. The van der Waals surface area contributed by atoms with Gasteiger partial charge in [0.25, 0.3) is 5.91 Å². The van der Waals surface area contributed by atoms with Gasteiger partial charge in [-0.2, -0.15) is 0 Å². The van der Waals surface area contributed by atoms with Crippen molar-refractivity contribution in [2.45, 2.75) is 0 Å². The molecule has 1 aliphatic carbocycles. The van der Waals surface area contributed by atoms with E-state index in [2.05, 4.69) is 5.32 Å². The molecule has 1 amide bonds. The molecule has 1 aliphatic rings. The SMILES string of the molecule is O=C(Nc1ccc(-c2ccccc2)cc1)c1cccc2c1C(=O)c1ccccc1-2. The molecule has 4 aromatic rings. The zero-order valence-electron chi connectivity index (χ0n) is 15.6. The van der Waals surface area contributed by atoms with Crippen LogP contribution < -0.4 is 5.32 Å². The number of benzene rings is 4. The number of amides is 1. The van der Waals surface area contributed by atoms with E-state index in [0.717, 1.165) is 22.3 Å². The van der Waals surface area contributed by atoms with E-state index >= 15 is 0 Å². The summed E-state index contributed by atoms with van der Waals surface area (Å²) >= 11 is 0. The second-order valence-electron chi connectivity index (χ2n) is 7.00. The van der Waals surface area contributed by atoms with Crippen LogP contribution in [0.4, 0.5) is 5.69 Å². The van der Waals surface area contributed by atoms with Gasteiger partial charge in [-0.05, 0) is 40.5 Å². The van der Waals surface area contributed by atoms with E-state index in [0.29, 0.717) is 22.4 Å². The summed E-state index contributed by atoms with van der Waals surface area (Å²) in [5, 5.41) is 2.92. The van der Waals surface area contributed by atoms with E-state index in [1.807, 2.05) is 91.0 Å². The molecule has 138 valence electrons. The van der Waals surface area contributed by atoms with Crippen LogP contribution in [-0.2, 0) is 0 Å². The number of anilines is 1. The minimum Gasteiger partial charge on any atom is -0.322 e. The quantitative estimate of drug-likeness (QED) is 0.432. The molecule has 29 heavy (non-hydrogen) atoms. The van der Waals surface area contributed by atoms with Crippen molar-refractivity contribution in [3.8, 4) is 22.3 Å². The summed E-state index contributed by atoms with van der Waals surface area (Å²) in [6, 6.07) is 30.7. The first-order valence-corrected chi connectivity index (χ1v) is 9.46. The smallest absolute Gasteiger partial charge is 0.256 e. The molecule has 0 radical (unpaired) electrons. The van der Waals surface area contributed by atoms with Gasteiger partial charge in [0.05, 0.1) is 5.56 Å². The van der Waals surface area contributed by atoms with Gasteiger partial charge in [0.2, 0.25) is 0 Å². The highest BCUT2D eigenvalue weighted by atomic mass is 16.2. The topological polar surface area (TPSA) is 46.2 Å². The molecule has 0 fully saturated rings. The molecule has 0 saturated carbocycles. The lowest BCUT2D eigenvalue weighted by molar-refractivity contribution is 0.0999.